The minimum absolute atomic E-state index is 0.0655. The molecule has 1 atom stereocenters. The molecule has 7 aromatic carbocycles. The summed E-state index contributed by atoms with van der Waals surface area (Å²) in [4.78, 5) is 4.82. The molecule has 0 aromatic heterocycles. The number of para-hydroxylation sites is 3. The van der Waals surface area contributed by atoms with Gasteiger partial charge in [0.2, 0.25) is 0 Å². The lowest BCUT2D eigenvalue weighted by Crippen LogP contribution is -2.27. The van der Waals surface area contributed by atoms with Crippen LogP contribution in [0.25, 0.3) is 33.0 Å². The van der Waals surface area contributed by atoms with E-state index in [1.807, 2.05) is 0 Å². The Labute approximate surface area is 257 Å². The molecule has 2 aliphatic rings. The minimum atomic E-state index is 0.0655. The van der Waals surface area contributed by atoms with Crippen LogP contribution in [0.5, 0.6) is 0 Å². The molecule has 208 valence electrons. The molecular weight excluding hydrogens is 534 g/mol. The standard InChI is InChI=1S/C41H29N3/c1-3-13-29(14-4-1)43(30-15-5-2-6-16-30)38-24-12-21-32-31(20-11-22-35(32)38)28-25-26-37-40(27-28)44-39-23-10-9-18-34(39)33-17-7-8-19-36(33)41(44)42-37/h1-27,41-42H. The summed E-state index contributed by atoms with van der Waals surface area (Å²) in [6.07, 6.45) is 0.0655. The molecule has 9 rings (SSSR count). The van der Waals surface area contributed by atoms with Crippen LogP contribution in [0.4, 0.5) is 34.1 Å². The Morgan fingerprint density at radius 1 is 0.477 bits per heavy atom. The van der Waals surface area contributed by atoms with Crippen molar-refractivity contribution in [1.29, 1.82) is 0 Å². The molecule has 1 unspecified atom stereocenters. The van der Waals surface area contributed by atoms with Gasteiger partial charge in [-0.05, 0) is 70.6 Å². The predicted octanol–water partition coefficient (Wildman–Crippen LogP) is 11.2. The van der Waals surface area contributed by atoms with Crippen molar-refractivity contribution in [3.05, 3.63) is 169 Å². The van der Waals surface area contributed by atoms with E-state index in [4.69, 9.17) is 0 Å². The summed E-state index contributed by atoms with van der Waals surface area (Å²) in [7, 11) is 0. The van der Waals surface area contributed by atoms with Crippen molar-refractivity contribution in [2.75, 3.05) is 15.1 Å². The third-order valence-corrected chi connectivity index (χ3v) is 9.00. The zero-order chi connectivity index (χ0) is 29.0. The van der Waals surface area contributed by atoms with Crippen LogP contribution in [0.2, 0.25) is 0 Å². The van der Waals surface area contributed by atoms with Gasteiger partial charge in [-0.25, -0.2) is 0 Å². The van der Waals surface area contributed by atoms with Crippen LogP contribution in [-0.4, -0.2) is 0 Å². The summed E-state index contributed by atoms with van der Waals surface area (Å²) < 4.78 is 0. The summed E-state index contributed by atoms with van der Waals surface area (Å²) in [5.41, 5.74) is 13.3. The predicted molar refractivity (Wildman–Crippen MR) is 184 cm³/mol. The summed E-state index contributed by atoms with van der Waals surface area (Å²) in [5.74, 6) is 0. The Morgan fingerprint density at radius 3 is 1.91 bits per heavy atom. The third kappa shape index (κ3) is 3.76. The molecule has 0 saturated carbocycles. The van der Waals surface area contributed by atoms with Gasteiger partial charge in [-0.3, -0.25) is 0 Å². The minimum Gasteiger partial charge on any atom is -0.359 e. The first kappa shape index (κ1) is 24.8. The van der Waals surface area contributed by atoms with Crippen molar-refractivity contribution in [3.8, 4) is 22.3 Å². The fourth-order valence-corrected chi connectivity index (χ4v) is 7.07. The molecule has 7 aromatic rings. The number of nitrogens with zero attached hydrogens (tertiary/aromatic N) is 2. The highest BCUT2D eigenvalue weighted by Crippen LogP contribution is 2.54. The molecule has 3 heteroatoms. The van der Waals surface area contributed by atoms with Gasteiger partial charge in [-0.1, -0.05) is 115 Å². The van der Waals surface area contributed by atoms with E-state index in [9.17, 15) is 0 Å². The molecule has 0 fully saturated rings. The van der Waals surface area contributed by atoms with Gasteiger partial charge in [0.05, 0.1) is 22.7 Å². The van der Waals surface area contributed by atoms with E-state index < -0.39 is 0 Å². The van der Waals surface area contributed by atoms with Crippen LogP contribution in [0.15, 0.2) is 164 Å². The Kier molecular flexibility index (Phi) is 5.57. The summed E-state index contributed by atoms with van der Waals surface area (Å²) in [6, 6.07) is 59.0. The average molecular weight is 564 g/mol. The highest BCUT2D eigenvalue weighted by atomic mass is 15.3. The number of benzene rings is 7. The van der Waals surface area contributed by atoms with Gasteiger partial charge in [0.1, 0.15) is 6.17 Å². The molecule has 0 saturated heterocycles. The molecule has 0 spiro atoms. The van der Waals surface area contributed by atoms with E-state index in [1.54, 1.807) is 0 Å². The lowest BCUT2D eigenvalue weighted by molar-refractivity contribution is 0.819. The van der Waals surface area contributed by atoms with E-state index in [0.29, 0.717) is 0 Å². The van der Waals surface area contributed by atoms with Crippen molar-refractivity contribution in [1.82, 2.24) is 0 Å². The van der Waals surface area contributed by atoms with Crippen molar-refractivity contribution in [3.63, 3.8) is 0 Å². The Hall–Kier alpha value is -5.80. The van der Waals surface area contributed by atoms with Gasteiger partial charge in [-0.15, -0.1) is 0 Å². The molecule has 44 heavy (non-hydrogen) atoms. The number of nitrogens with one attached hydrogen (secondary N) is 1. The summed E-state index contributed by atoms with van der Waals surface area (Å²) in [6.45, 7) is 0. The third-order valence-electron chi connectivity index (χ3n) is 9.00. The van der Waals surface area contributed by atoms with E-state index >= 15 is 0 Å². The Balaban J connectivity index is 1.20. The highest BCUT2D eigenvalue weighted by molar-refractivity contribution is 6.06. The van der Waals surface area contributed by atoms with E-state index in [1.165, 1.54) is 50.0 Å². The van der Waals surface area contributed by atoms with Crippen LogP contribution >= 0.6 is 0 Å². The topological polar surface area (TPSA) is 18.5 Å². The molecule has 0 amide bonds. The van der Waals surface area contributed by atoms with Gasteiger partial charge >= 0.3 is 0 Å². The van der Waals surface area contributed by atoms with Crippen LogP contribution in [0.3, 0.4) is 0 Å². The normalized spacial score (nSPS) is 14.3. The Bertz CT molecular complexity index is 2130. The van der Waals surface area contributed by atoms with Crippen molar-refractivity contribution >= 4 is 44.9 Å². The highest BCUT2D eigenvalue weighted by Gasteiger charge is 2.37. The van der Waals surface area contributed by atoms with Crippen LogP contribution < -0.4 is 15.1 Å². The van der Waals surface area contributed by atoms with E-state index in [-0.39, 0.29) is 6.17 Å². The average Bonchev–Trinajstić information content (AvgIpc) is 3.49. The molecule has 0 radical (unpaired) electrons. The largest absolute Gasteiger partial charge is 0.359 e. The fraction of sp³-hybridized carbons (Fsp3) is 0.0244. The molecule has 2 aliphatic heterocycles. The van der Waals surface area contributed by atoms with Gasteiger partial charge < -0.3 is 15.1 Å². The van der Waals surface area contributed by atoms with Gasteiger partial charge in [0, 0.05) is 27.9 Å². The zero-order valence-corrected chi connectivity index (χ0v) is 24.1. The SMILES string of the molecule is c1ccc(N(c2ccccc2)c2cccc3c(-c4ccc5c(c4)N4c6ccccc6-c6ccccc6C4N5)cccc23)cc1. The second-order valence-electron chi connectivity index (χ2n) is 11.4. The second-order valence-corrected chi connectivity index (χ2v) is 11.4. The number of anilines is 6. The lowest BCUT2D eigenvalue weighted by Gasteiger charge is -2.35. The van der Waals surface area contributed by atoms with Gasteiger partial charge in [0.25, 0.3) is 0 Å². The lowest BCUT2D eigenvalue weighted by atomic mass is 9.91. The number of fused-ring (bicyclic) bond motifs is 9. The number of hydrogen-bond acceptors (Lipinski definition) is 3. The van der Waals surface area contributed by atoms with Crippen molar-refractivity contribution in [2.24, 2.45) is 0 Å². The molecule has 1 N–H and O–H groups in total. The molecule has 2 heterocycles. The maximum Gasteiger partial charge on any atom is 0.131 e. The maximum absolute atomic E-state index is 3.83. The van der Waals surface area contributed by atoms with E-state index in [0.717, 1.165) is 22.7 Å². The summed E-state index contributed by atoms with van der Waals surface area (Å²) in [5, 5.41) is 6.27. The van der Waals surface area contributed by atoms with Gasteiger partial charge in [0.15, 0.2) is 0 Å². The monoisotopic (exact) mass is 563 g/mol. The first-order valence-electron chi connectivity index (χ1n) is 15.2. The number of rotatable bonds is 4. The molecule has 3 nitrogen and oxygen atoms in total. The van der Waals surface area contributed by atoms with E-state index in [2.05, 4.69) is 179 Å². The molecular formula is C41H29N3. The van der Waals surface area contributed by atoms with Gasteiger partial charge in [-0.2, -0.15) is 0 Å². The number of hydrogen-bond donors (Lipinski definition) is 1. The van der Waals surface area contributed by atoms with Crippen LogP contribution in [0.1, 0.15) is 11.7 Å². The zero-order valence-electron chi connectivity index (χ0n) is 24.1. The maximum atomic E-state index is 3.83. The first-order chi connectivity index (χ1) is 21.8. The summed E-state index contributed by atoms with van der Waals surface area (Å²) >= 11 is 0. The van der Waals surface area contributed by atoms with Crippen LogP contribution in [0, 0.1) is 0 Å². The molecule has 0 bridgehead atoms. The van der Waals surface area contributed by atoms with Crippen molar-refractivity contribution < 1.29 is 0 Å². The van der Waals surface area contributed by atoms with Crippen molar-refractivity contribution in [2.45, 2.75) is 6.17 Å². The fourth-order valence-electron chi connectivity index (χ4n) is 7.07. The smallest absolute Gasteiger partial charge is 0.131 e. The molecule has 0 aliphatic carbocycles. The van der Waals surface area contributed by atoms with Crippen LogP contribution in [-0.2, 0) is 0 Å². The first-order valence-corrected chi connectivity index (χ1v) is 15.2. The second kappa shape index (κ2) is 9.89. The Morgan fingerprint density at radius 2 is 1.11 bits per heavy atom. The quantitative estimate of drug-likeness (QED) is 0.230.